The minimum atomic E-state index is 0.516. The summed E-state index contributed by atoms with van der Waals surface area (Å²) in [4.78, 5) is 4.76. The van der Waals surface area contributed by atoms with Crippen LogP contribution in [0.2, 0.25) is 0 Å². The predicted molar refractivity (Wildman–Crippen MR) is 87.7 cm³/mol. The molecule has 0 aromatic heterocycles. The van der Waals surface area contributed by atoms with Gasteiger partial charge in [0.2, 0.25) is 0 Å². The molecule has 1 heterocycles. The van der Waals surface area contributed by atoms with Crippen molar-refractivity contribution in [2.75, 3.05) is 5.75 Å². The Morgan fingerprint density at radius 1 is 1.25 bits per heavy atom. The first-order valence-corrected chi connectivity index (χ1v) is 8.32. The average Bonchev–Trinajstić information content (AvgIpc) is 2.95. The van der Waals surface area contributed by atoms with Gasteiger partial charge in [-0.1, -0.05) is 42.3 Å². The molecular formula is C16H21N3S. The van der Waals surface area contributed by atoms with Gasteiger partial charge < -0.3 is 0 Å². The highest BCUT2D eigenvalue weighted by Crippen LogP contribution is 2.23. The van der Waals surface area contributed by atoms with Gasteiger partial charge in [0.25, 0.3) is 0 Å². The second-order valence-corrected chi connectivity index (χ2v) is 6.61. The molecule has 0 amide bonds. The van der Waals surface area contributed by atoms with Gasteiger partial charge in [-0.05, 0) is 38.3 Å². The van der Waals surface area contributed by atoms with E-state index in [1.165, 1.54) is 42.4 Å². The monoisotopic (exact) mass is 287 g/mol. The van der Waals surface area contributed by atoms with Crippen LogP contribution in [0.25, 0.3) is 0 Å². The van der Waals surface area contributed by atoms with Crippen molar-refractivity contribution in [3.63, 3.8) is 0 Å². The van der Waals surface area contributed by atoms with Crippen molar-refractivity contribution in [1.29, 1.82) is 0 Å². The van der Waals surface area contributed by atoms with Crippen LogP contribution in [0.4, 0.5) is 0 Å². The molecular weight excluding hydrogens is 266 g/mol. The fourth-order valence-electron chi connectivity index (χ4n) is 2.77. The van der Waals surface area contributed by atoms with E-state index >= 15 is 0 Å². The number of amidine groups is 1. The first kappa shape index (κ1) is 13.7. The topological polar surface area (TPSA) is 36.8 Å². The van der Waals surface area contributed by atoms with E-state index in [0.717, 1.165) is 16.6 Å². The number of thioether (sulfide) groups is 1. The third-order valence-electron chi connectivity index (χ3n) is 3.96. The van der Waals surface area contributed by atoms with E-state index in [0.29, 0.717) is 6.04 Å². The summed E-state index contributed by atoms with van der Waals surface area (Å²) in [7, 11) is 0. The molecule has 1 N–H and O–H groups in total. The maximum absolute atomic E-state index is 4.76. The van der Waals surface area contributed by atoms with Crippen molar-refractivity contribution in [3.8, 4) is 0 Å². The van der Waals surface area contributed by atoms with Gasteiger partial charge in [-0.3, -0.25) is 10.4 Å². The number of nitrogens with zero attached hydrogens (tertiary/aromatic N) is 2. The third-order valence-corrected chi connectivity index (χ3v) is 4.85. The van der Waals surface area contributed by atoms with Crippen molar-refractivity contribution in [3.05, 3.63) is 34.9 Å². The molecule has 3 nitrogen and oxygen atoms in total. The molecule has 106 valence electrons. The molecule has 1 aliphatic heterocycles. The van der Waals surface area contributed by atoms with Crippen LogP contribution >= 0.6 is 11.8 Å². The lowest BCUT2D eigenvalue weighted by molar-refractivity contribution is 0.703. The highest BCUT2D eigenvalue weighted by Gasteiger charge is 2.18. The zero-order valence-electron chi connectivity index (χ0n) is 12.1. The molecule has 1 aromatic rings. The van der Waals surface area contributed by atoms with E-state index in [-0.39, 0.29) is 0 Å². The second-order valence-electron chi connectivity index (χ2n) is 5.65. The third kappa shape index (κ3) is 3.06. The number of hydrazone groups is 1. The summed E-state index contributed by atoms with van der Waals surface area (Å²) >= 11 is 1.78. The minimum absolute atomic E-state index is 0.516. The average molecular weight is 287 g/mol. The quantitative estimate of drug-likeness (QED) is 0.901. The van der Waals surface area contributed by atoms with Crippen LogP contribution in [0.1, 0.15) is 42.4 Å². The van der Waals surface area contributed by atoms with Crippen molar-refractivity contribution in [2.24, 2.45) is 10.1 Å². The van der Waals surface area contributed by atoms with Gasteiger partial charge >= 0.3 is 0 Å². The fraction of sp³-hybridized carbons (Fsp3) is 0.500. The zero-order chi connectivity index (χ0) is 13.9. The van der Waals surface area contributed by atoms with Crippen LogP contribution in [0.3, 0.4) is 0 Å². The SMILES string of the molecule is Cc1ccc(C)c(C2=NNC(=NC3CCCC3)SC2)c1. The number of hydrogen-bond donors (Lipinski definition) is 1. The Bertz CT molecular complexity index is 557. The molecule has 0 spiro atoms. The summed E-state index contributed by atoms with van der Waals surface area (Å²) in [6, 6.07) is 7.05. The van der Waals surface area contributed by atoms with Crippen molar-refractivity contribution in [1.82, 2.24) is 5.43 Å². The highest BCUT2D eigenvalue weighted by molar-refractivity contribution is 8.14. The maximum Gasteiger partial charge on any atom is 0.177 e. The molecule has 1 fully saturated rings. The summed E-state index contributed by atoms with van der Waals surface area (Å²) in [6.45, 7) is 4.27. The molecule has 0 saturated heterocycles. The van der Waals surface area contributed by atoms with Crippen LogP contribution in [0.15, 0.2) is 28.3 Å². The Kier molecular flexibility index (Phi) is 4.10. The van der Waals surface area contributed by atoms with Gasteiger partial charge in [0, 0.05) is 11.3 Å². The zero-order valence-corrected chi connectivity index (χ0v) is 13.0. The van der Waals surface area contributed by atoms with E-state index in [4.69, 9.17) is 4.99 Å². The molecule has 1 aromatic carbocycles. The highest BCUT2D eigenvalue weighted by atomic mass is 32.2. The summed E-state index contributed by atoms with van der Waals surface area (Å²) in [5.74, 6) is 0.906. The molecule has 2 aliphatic rings. The number of benzene rings is 1. The number of rotatable bonds is 2. The summed E-state index contributed by atoms with van der Waals surface area (Å²) < 4.78 is 0. The van der Waals surface area contributed by atoms with E-state index < -0.39 is 0 Å². The lowest BCUT2D eigenvalue weighted by Crippen LogP contribution is -2.27. The molecule has 1 saturated carbocycles. The van der Waals surface area contributed by atoms with Crippen LogP contribution in [-0.2, 0) is 0 Å². The van der Waals surface area contributed by atoms with Gasteiger partial charge in [-0.2, -0.15) is 5.10 Å². The van der Waals surface area contributed by atoms with E-state index in [9.17, 15) is 0 Å². The Hall–Kier alpha value is -1.29. The predicted octanol–water partition coefficient (Wildman–Crippen LogP) is 3.64. The van der Waals surface area contributed by atoms with Crippen molar-refractivity contribution < 1.29 is 0 Å². The Morgan fingerprint density at radius 3 is 2.75 bits per heavy atom. The van der Waals surface area contributed by atoms with Gasteiger partial charge in [-0.25, -0.2) is 0 Å². The smallest absolute Gasteiger partial charge is 0.177 e. The van der Waals surface area contributed by atoms with E-state index in [1.807, 2.05) is 0 Å². The number of nitrogens with one attached hydrogen (secondary N) is 1. The van der Waals surface area contributed by atoms with Gasteiger partial charge in [0.1, 0.15) is 0 Å². The summed E-state index contributed by atoms with van der Waals surface area (Å²) in [6.07, 6.45) is 5.12. The lowest BCUT2D eigenvalue weighted by Gasteiger charge is -2.17. The minimum Gasteiger partial charge on any atom is -0.258 e. The number of aryl methyl sites for hydroxylation is 2. The van der Waals surface area contributed by atoms with Gasteiger partial charge in [-0.15, -0.1) is 0 Å². The second kappa shape index (κ2) is 6.00. The number of aliphatic imine (C=N–C) groups is 1. The largest absolute Gasteiger partial charge is 0.258 e. The van der Waals surface area contributed by atoms with E-state index in [1.54, 1.807) is 11.8 Å². The lowest BCUT2D eigenvalue weighted by atomic mass is 10.0. The molecule has 0 unspecified atom stereocenters. The normalized spacial score (nSPS) is 21.9. The van der Waals surface area contributed by atoms with Crippen molar-refractivity contribution >= 4 is 22.6 Å². The first-order chi connectivity index (χ1) is 9.72. The first-order valence-electron chi connectivity index (χ1n) is 7.33. The van der Waals surface area contributed by atoms with E-state index in [2.05, 4.69) is 42.6 Å². The molecule has 0 bridgehead atoms. The van der Waals surface area contributed by atoms with Crippen LogP contribution in [-0.4, -0.2) is 22.7 Å². The Labute approximate surface area is 125 Å². The van der Waals surface area contributed by atoms with Crippen LogP contribution in [0.5, 0.6) is 0 Å². The van der Waals surface area contributed by atoms with Gasteiger partial charge in [0.15, 0.2) is 5.17 Å². The number of hydrogen-bond acceptors (Lipinski definition) is 3. The molecule has 20 heavy (non-hydrogen) atoms. The Morgan fingerprint density at radius 2 is 2.05 bits per heavy atom. The standard InChI is InChI=1S/C16H21N3S/c1-11-7-8-12(2)14(9-11)15-10-20-16(19-18-15)17-13-5-3-4-6-13/h7-9,13H,3-6,10H2,1-2H3,(H,17,19). The molecule has 0 atom stereocenters. The molecule has 3 rings (SSSR count). The summed E-state index contributed by atoms with van der Waals surface area (Å²) in [5, 5.41) is 5.53. The fourth-order valence-corrected chi connectivity index (χ4v) is 3.59. The van der Waals surface area contributed by atoms with Crippen molar-refractivity contribution in [2.45, 2.75) is 45.6 Å². The summed E-state index contributed by atoms with van der Waals surface area (Å²) in [5.41, 5.74) is 8.09. The van der Waals surface area contributed by atoms with Gasteiger partial charge in [0.05, 0.1) is 11.8 Å². The van der Waals surface area contributed by atoms with Crippen LogP contribution < -0.4 is 5.43 Å². The Balaban J connectivity index is 1.74. The molecule has 0 radical (unpaired) electrons. The maximum atomic E-state index is 4.76. The molecule has 1 aliphatic carbocycles. The molecule has 4 heteroatoms. The van der Waals surface area contributed by atoms with Crippen LogP contribution in [0, 0.1) is 13.8 Å².